The van der Waals surface area contributed by atoms with E-state index < -0.39 is 0 Å². The van der Waals surface area contributed by atoms with Crippen LogP contribution in [0.1, 0.15) is 0 Å². The minimum atomic E-state index is -0.308. The molecule has 4 nitrogen and oxygen atoms in total. The van der Waals surface area contributed by atoms with Crippen LogP contribution < -0.4 is 0 Å². The molecule has 17 heavy (non-hydrogen) atoms. The Bertz CT molecular complexity index is 489. The van der Waals surface area contributed by atoms with Crippen molar-refractivity contribution in [2.75, 3.05) is 19.5 Å². The second-order valence-corrected chi connectivity index (χ2v) is 4.35. The van der Waals surface area contributed by atoms with Crippen molar-refractivity contribution in [3.8, 4) is 11.4 Å². The van der Waals surface area contributed by atoms with E-state index in [1.165, 1.54) is 17.8 Å². The molecule has 0 aliphatic heterocycles. The fourth-order valence-electron chi connectivity index (χ4n) is 1.30. The maximum Gasteiger partial charge on any atom is 0.208 e. The number of hydrogen-bond donors (Lipinski definition) is 1. The minimum absolute atomic E-state index is 0.308. The number of aromatic nitrogens is 3. The van der Waals surface area contributed by atoms with Crippen LogP contribution in [-0.4, -0.2) is 34.7 Å². The molecule has 0 fully saturated rings. The molecule has 0 saturated carbocycles. The summed E-state index contributed by atoms with van der Waals surface area (Å²) in [7, 11) is 1.64. The van der Waals surface area contributed by atoms with E-state index in [0.717, 1.165) is 5.75 Å². The molecule has 0 amide bonds. The molecule has 0 radical (unpaired) electrons. The first-order valence-corrected chi connectivity index (χ1v) is 6.09. The number of benzene rings is 1. The predicted molar refractivity (Wildman–Crippen MR) is 64.4 cm³/mol. The van der Waals surface area contributed by atoms with Gasteiger partial charge in [-0.15, -0.1) is 5.10 Å². The normalized spacial score (nSPS) is 10.7. The number of thioether (sulfide) groups is 1. The van der Waals surface area contributed by atoms with Crippen LogP contribution in [-0.2, 0) is 4.74 Å². The summed E-state index contributed by atoms with van der Waals surface area (Å²) >= 11 is 1.47. The molecular weight excluding hydrogens is 241 g/mol. The number of rotatable bonds is 5. The third kappa shape index (κ3) is 3.04. The van der Waals surface area contributed by atoms with Crippen LogP contribution in [0, 0.1) is 5.82 Å². The number of nitrogens with one attached hydrogen (secondary N) is 1. The zero-order valence-electron chi connectivity index (χ0n) is 9.31. The van der Waals surface area contributed by atoms with Crippen LogP contribution in [0.2, 0.25) is 0 Å². The van der Waals surface area contributed by atoms with E-state index in [9.17, 15) is 4.39 Å². The van der Waals surface area contributed by atoms with Crippen LogP contribution in [0.4, 0.5) is 4.39 Å². The summed E-state index contributed by atoms with van der Waals surface area (Å²) in [5.41, 5.74) is 0.429. The SMILES string of the molecule is COCCSc1n[nH]c(-c2ccccc2F)n1. The third-order valence-corrected chi connectivity index (χ3v) is 2.92. The van der Waals surface area contributed by atoms with Gasteiger partial charge in [0.05, 0.1) is 12.2 Å². The van der Waals surface area contributed by atoms with Crippen LogP contribution in [0.5, 0.6) is 0 Å². The Morgan fingerprint density at radius 2 is 2.24 bits per heavy atom. The molecule has 1 aromatic heterocycles. The summed E-state index contributed by atoms with van der Waals surface area (Å²) < 4.78 is 18.4. The Kier molecular flexibility index (Phi) is 4.11. The molecule has 0 aliphatic rings. The topological polar surface area (TPSA) is 50.8 Å². The van der Waals surface area contributed by atoms with E-state index in [0.29, 0.717) is 23.2 Å². The molecular formula is C11H12FN3OS. The number of halogens is 1. The van der Waals surface area contributed by atoms with Crippen LogP contribution >= 0.6 is 11.8 Å². The molecule has 1 N–H and O–H groups in total. The first-order valence-electron chi connectivity index (χ1n) is 5.10. The quantitative estimate of drug-likeness (QED) is 0.656. The van der Waals surface area contributed by atoms with Crippen molar-refractivity contribution >= 4 is 11.8 Å². The molecule has 6 heteroatoms. The van der Waals surface area contributed by atoms with Gasteiger partial charge in [-0.2, -0.15) is 0 Å². The number of hydrogen-bond acceptors (Lipinski definition) is 4. The average Bonchev–Trinajstić information content (AvgIpc) is 2.79. The van der Waals surface area contributed by atoms with Crippen molar-refractivity contribution < 1.29 is 9.13 Å². The van der Waals surface area contributed by atoms with Gasteiger partial charge < -0.3 is 4.74 Å². The maximum atomic E-state index is 13.5. The lowest BCUT2D eigenvalue weighted by Crippen LogP contribution is -1.91. The summed E-state index contributed by atoms with van der Waals surface area (Å²) in [6.07, 6.45) is 0. The van der Waals surface area contributed by atoms with Crippen molar-refractivity contribution in [2.45, 2.75) is 5.16 Å². The third-order valence-electron chi connectivity index (χ3n) is 2.11. The minimum Gasteiger partial charge on any atom is -0.384 e. The zero-order chi connectivity index (χ0) is 12.1. The summed E-state index contributed by atoms with van der Waals surface area (Å²) in [6, 6.07) is 6.47. The number of methoxy groups -OCH3 is 1. The second-order valence-electron chi connectivity index (χ2n) is 3.29. The average molecular weight is 253 g/mol. The van der Waals surface area contributed by atoms with Gasteiger partial charge >= 0.3 is 0 Å². The fourth-order valence-corrected chi connectivity index (χ4v) is 2.00. The van der Waals surface area contributed by atoms with Gasteiger partial charge in [0.15, 0.2) is 5.82 Å². The lowest BCUT2D eigenvalue weighted by atomic mass is 10.2. The van der Waals surface area contributed by atoms with Gasteiger partial charge in [0, 0.05) is 12.9 Å². The van der Waals surface area contributed by atoms with Gasteiger partial charge in [0.25, 0.3) is 0 Å². The Morgan fingerprint density at radius 1 is 1.41 bits per heavy atom. The highest BCUT2D eigenvalue weighted by atomic mass is 32.2. The smallest absolute Gasteiger partial charge is 0.208 e. The summed E-state index contributed by atoms with van der Waals surface area (Å²) in [6.45, 7) is 0.633. The molecule has 0 bridgehead atoms. The van der Waals surface area contributed by atoms with Crippen molar-refractivity contribution in [1.82, 2.24) is 15.2 Å². The molecule has 0 aliphatic carbocycles. The van der Waals surface area contributed by atoms with E-state index in [1.54, 1.807) is 25.3 Å². The van der Waals surface area contributed by atoms with Crippen molar-refractivity contribution in [2.24, 2.45) is 0 Å². The fraction of sp³-hybridized carbons (Fsp3) is 0.273. The number of aromatic amines is 1. The van der Waals surface area contributed by atoms with Gasteiger partial charge in [-0.25, -0.2) is 9.37 Å². The highest BCUT2D eigenvalue weighted by Gasteiger charge is 2.09. The standard InChI is InChI=1S/C11H12FN3OS/c1-16-6-7-17-11-13-10(14-15-11)8-4-2-3-5-9(8)12/h2-5H,6-7H2,1H3,(H,13,14,15). The molecule has 1 heterocycles. The molecule has 2 aromatic rings. The van der Waals surface area contributed by atoms with Crippen molar-refractivity contribution in [1.29, 1.82) is 0 Å². The highest BCUT2D eigenvalue weighted by molar-refractivity contribution is 7.99. The molecule has 0 unspecified atom stereocenters. The molecule has 0 saturated heterocycles. The van der Waals surface area contributed by atoms with Gasteiger partial charge in [-0.3, -0.25) is 5.10 Å². The van der Waals surface area contributed by atoms with Crippen LogP contribution in [0.15, 0.2) is 29.4 Å². The summed E-state index contributed by atoms with van der Waals surface area (Å²) in [5, 5.41) is 7.33. The van der Waals surface area contributed by atoms with E-state index in [1.807, 2.05) is 0 Å². The first-order chi connectivity index (χ1) is 8.31. The van der Waals surface area contributed by atoms with E-state index in [4.69, 9.17) is 4.74 Å². The number of H-pyrrole nitrogens is 1. The van der Waals surface area contributed by atoms with E-state index in [2.05, 4.69) is 15.2 Å². The molecule has 0 spiro atoms. The van der Waals surface area contributed by atoms with E-state index in [-0.39, 0.29) is 5.82 Å². The summed E-state index contributed by atoms with van der Waals surface area (Å²) in [5.74, 6) is 0.908. The Labute approximate surface area is 103 Å². The largest absolute Gasteiger partial charge is 0.384 e. The molecule has 90 valence electrons. The Hall–Kier alpha value is -1.40. The lowest BCUT2D eigenvalue weighted by Gasteiger charge is -1.96. The van der Waals surface area contributed by atoms with Gasteiger partial charge in [0.1, 0.15) is 5.82 Å². The predicted octanol–water partition coefficient (Wildman–Crippen LogP) is 2.35. The number of nitrogens with zero attached hydrogens (tertiary/aromatic N) is 2. The number of ether oxygens (including phenoxy) is 1. The Balaban J connectivity index is 2.10. The monoisotopic (exact) mass is 253 g/mol. The first kappa shape index (κ1) is 12.1. The van der Waals surface area contributed by atoms with Gasteiger partial charge in [-0.05, 0) is 12.1 Å². The van der Waals surface area contributed by atoms with Gasteiger partial charge in [-0.1, -0.05) is 23.9 Å². The molecule has 2 rings (SSSR count). The summed E-state index contributed by atoms with van der Waals surface area (Å²) in [4.78, 5) is 4.21. The molecule has 0 atom stereocenters. The van der Waals surface area contributed by atoms with Crippen molar-refractivity contribution in [3.63, 3.8) is 0 Å². The zero-order valence-corrected chi connectivity index (χ0v) is 10.1. The van der Waals surface area contributed by atoms with Crippen LogP contribution in [0.25, 0.3) is 11.4 Å². The maximum absolute atomic E-state index is 13.5. The van der Waals surface area contributed by atoms with Crippen LogP contribution in [0.3, 0.4) is 0 Å². The second kappa shape index (κ2) is 5.79. The van der Waals surface area contributed by atoms with E-state index >= 15 is 0 Å². The highest BCUT2D eigenvalue weighted by Crippen LogP contribution is 2.21. The Morgan fingerprint density at radius 3 is 3.00 bits per heavy atom. The van der Waals surface area contributed by atoms with Crippen molar-refractivity contribution in [3.05, 3.63) is 30.1 Å². The molecule has 1 aromatic carbocycles. The lowest BCUT2D eigenvalue weighted by molar-refractivity contribution is 0.218. The van der Waals surface area contributed by atoms with Gasteiger partial charge in [0.2, 0.25) is 5.16 Å².